The van der Waals surface area contributed by atoms with E-state index in [1.54, 1.807) is 7.11 Å². The van der Waals surface area contributed by atoms with Gasteiger partial charge in [-0.05, 0) is 32.2 Å². The molecule has 1 saturated heterocycles. The van der Waals surface area contributed by atoms with Crippen molar-refractivity contribution in [1.82, 2.24) is 20.2 Å². The van der Waals surface area contributed by atoms with Crippen molar-refractivity contribution in [3.8, 4) is 0 Å². The molecule has 6 nitrogen and oxygen atoms in total. The van der Waals surface area contributed by atoms with Crippen molar-refractivity contribution in [3.05, 3.63) is 17.2 Å². The van der Waals surface area contributed by atoms with Crippen LogP contribution in [0, 0.1) is 0 Å². The number of imidazole rings is 1. The van der Waals surface area contributed by atoms with Crippen molar-refractivity contribution in [2.75, 3.05) is 39.9 Å². The highest BCUT2D eigenvalue weighted by Crippen LogP contribution is 2.26. The molecule has 21 heavy (non-hydrogen) atoms. The lowest BCUT2D eigenvalue weighted by atomic mass is 9.97. The molecule has 1 aromatic rings. The molecule has 0 aliphatic carbocycles. The minimum Gasteiger partial charge on any atom is -0.383 e. The quantitative estimate of drug-likeness (QED) is 0.865. The van der Waals surface area contributed by atoms with Crippen molar-refractivity contribution < 1.29 is 9.53 Å². The van der Waals surface area contributed by atoms with E-state index >= 15 is 0 Å². The van der Waals surface area contributed by atoms with Crippen LogP contribution in [0.4, 0.5) is 0 Å². The van der Waals surface area contributed by atoms with Gasteiger partial charge in [-0.25, -0.2) is 4.98 Å². The number of aromatic nitrogens is 2. The predicted molar refractivity (Wildman–Crippen MR) is 79.5 cm³/mol. The highest BCUT2D eigenvalue weighted by atomic mass is 16.5. The van der Waals surface area contributed by atoms with E-state index in [-0.39, 0.29) is 5.91 Å². The Labute approximate surface area is 125 Å². The maximum absolute atomic E-state index is 12.0. The first kappa shape index (κ1) is 14.5. The second-order valence-corrected chi connectivity index (χ2v) is 5.94. The molecule has 1 atom stereocenters. The van der Waals surface area contributed by atoms with Crippen LogP contribution in [0.5, 0.6) is 0 Å². The average Bonchev–Trinajstić information content (AvgIpc) is 2.86. The largest absolute Gasteiger partial charge is 0.383 e. The molecule has 2 aliphatic rings. The lowest BCUT2D eigenvalue weighted by Gasteiger charge is -2.31. The van der Waals surface area contributed by atoms with Crippen LogP contribution in [0.2, 0.25) is 0 Å². The number of aryl methyl sites for hydroxylation is 1. The molecule has 0 saturated carbocycles. The molecule has 6 heteroatoms. The standard InChI is InChI=1S/C15H24N4O2/c1-21-9-8-19-7-3-4-11(10-19)14-17-12-5-2-6-16-15(20)13(12)18-14/h11H,2-10H2,1H3,(H,16,20)(H,17,18)/t11-/m1/s1. The molecule has 3 rings (SSSR count). The number of amides is 1. The molecule has 2 aliphatic heterocycles. The van der Waals surface area contributed by atoms with E-state index in [2.05, 4.69) is 20.2 Å². The zero-order valence-electron chi connectivity index (χ0n) is 12.7. The average molecular weight is 292 g/mol. The summed E-state index contributed by atoms with van der Waals surface area (Å²) in [5.74, 6) is 1.35. The fraction of sp³-hybridized carbons (Fsp3) is 0.733. The number of nitrogens with zero attached hydrogens (tertiary/aromatic N) is 2. The maximum Gasteiger partial charge on any atom is 0.271 e. The number of H-pyrrole nitrogens is 1. The van der Waals surface area contributed by atoms with Gasteiger partial charge in [0.15, 0.2) is 0 Å². The summed E-state index contributed by atoms with van der Waals surface area (Å²) in [4.78, 5) is 22.4. The van der Waals surface area contributed by atoms with Crippen molar-refractivity contribution in [2.45, 2.75) is 31.6 Å². The predicted octanol–water partition coefficient (Wildman–Crippen LogP) is 0.912. The van der Waals surface area contributed by atoms with E-state index < -0.39 is 0 Å². The van der Waals surface area contributed by atoms with E-state index in [0.29, 0.717) is 11.6 Å². The molecule has 0 spiro atoms. The van der Waals surface area contributed by atoms with Crippen LogP contribution in [0.1, 0.15) is 47.2 Å². The smallest absolute Gasteiger partial charge is 0.271 e. The van der Waals surface area contributed by atoms with E-state index in [4.69, 9.17) is 4.74 Å². The van der Waals surface area contributed by atoms with Crippen LogP contribution in [-0.2, 0) is 11.2 Å². The van der Waals surface area contributed by atoms with Gasteiger partial charge in [0.1, 0.15) is 11.5 Å². The first-order valence-electron chi connectivity index (χ1n) is 7.86. The van der Waals surface area contributed by atoms with Gasteiger partial charge in [0.2, 0.25) is 0 Å². The van der Waals surface area contributed by atoms with Gasteiger partial charge >= 0.3 is 0 Å². The minimum atomic E-state index is -0.0305. The minimum absolute atomic E-state index is 0.0305. The fourth-order valence-electron chi connectivity index (χ4n) is 3.24. The number of carbonyl (C=O) groups excluding carboxylic acids is 1. The molecule has 0 bridgehead atoms. The van der Waals surface area contributed by atoms with Crippen molar-refractivity contribution >= 4 is 5.91 Å². The molecule has 2 N–H and O–H groups in total. The Hall–Kier alpha value is -1.40. The Morgan fingerprint density at radius 2 is 2.33 bits per heavy atom. The number of rotatable bonds is 4. The SMILES string of the molecule is COCCN1CCC[C@@H](c2nc3c([nH]2)CCCNC3=O)C1. The topological polar surface area (TPSA) is 70.2 Å². The third-order valence-corrected chi connectivity index (χ3v) is 4.41. The molecule has 1 amide bonds. The van der Waals surface area contributed by atoms with Gasteiger partial charge in [-0.3, -0.25) is 4.79 Å². The van der Waals surface area contributed by atoms with Crippen LogP contribution in [-0.4, -0.2) is 60.7 Å². The monoisotopic (exact) mass is 292 g/mol. The Balaban J connectivity index is 1.72. The van der Waals surface area contributed by atoms with Crippen molar-refractivity contribution in [1.29, 1.82) is 0 Å². The van der Waals surface area contributed by atoms with E-state index in [1.165, 1.54) is 6.42 Å². The second-order valence-electron chi connectivity index (χ2n) is 5.94. The summed E-state index contributed by atoms with van der Waals surface area (Å²) in [5.41, 5.74) is 1.62. The highest BCUT2D eigenvalue weighted by molar-refractivity contribution is 5.93. The maximum atomic E-state index is 12.0. The van der Waals surface area contributed by atoms with Gasteiger partial charge in [-0.2, -0.15) is 0 Å². The second kappa shape index (κ2) is 6.58. The van der Waals surface area contributed by atoms with E-state index in [0.717, 1.165) is 63.6 Å². The lowest BCUT2D eigenvalue weighted by Crippen LogP contribution is -2.36. The van der Waals surface area contributed by atoms with Gasteiger partial charge in [0, 0.05) is 38.4 Å². The Kier molecular flexibility index (Phi) is 4.55. The zero-order chi connectivity index (χ0) is 14.7. The number of likely N-dealkylation sites (tertiary alicyclic amines) is 1. The Morgan fingerprint density at radius 3 is 3.19 bits per heavy atom. The van der Waals surface area contributed by atoms with Crippen molar-refractivity contribution in [3.63, 3.8) is 0 Å². The molecule has 3 heterocycles. The van der Waals surface area contributed by atoms with Crippen LogP contribution in [0.3, 0.4) is 0 Å². The molecule has 1 aromatic heterocycles. The fourth-order valence-corrected chi connectivity index (χ4v) is 3.24. The van der Waals surface area contributed by atoms with Crippen molar-refractivity contribution in [2.24, 2.45) is 0 Å². The number of nitrogens with one attached hydrogen (secondary N) is 2. The zero-order valence-corrected chi connectivity index (χ0v) is 12.7. The van der Waals surface area contributed by atoms with Gasteiger partial charge in [0.05, 0.1) is 6.61 Å². The Bertz CT molecular complexity index is 500. The van der Waals surface area contributed by atoms with Gasteiger partial charge in [-0.1, -0.05) is 0 Å². The Morgan fingerprint density at radius 1 is 1.43 bits per heavy atom. The third kappa shape index (κ3) is 3.27. The number of piperidine rings is 1. The number of carbonyl (C=O) groups is 1. The third-order valence-electron chi connectivity index (χ3n) is 4.41. The summed E-state index contributed by atoms with van der Waals surface area (Å²) in [6, 6.07) is 0. The van der Waals surface area contributed by atoms with E-state index in [9.17, 15) is 4.79 Å². The van der Waals surface area contributed by atoms with E-state index in [1.807, 2.05) is 0 Å². The van der Waals surface area contributed by atoms with Crippen LogP contribution in [0.25, 0.3) is 0 Å². The van der Waals surface area contributed by atoms with Crippen LogP contribution >= 0.6 is 0 Å². The molecule has 1 fully saturated rings. The molecule has 0 aromatic carbocycles. The number of aromatic amines is 1. The number of fused-ring (bicyclic) bond motifs is 1. The molecule has 0 unspecified atom stereocenters. The first-order valence-corrected chi connectivity index (χ1v) is 7.86. The summed E-state index contributed by atoms with van der Waals surface area (Å²) in [6.45, 7) is 4.60. The number of methoxy groups -OCH3 is 1. The normalized spacial score (nSPS) is 23.5. The summed E-state index contributed by atoms with van der Waals surface area (Å²) >= 11 is 0. The summed E-state index contributed by atoms with van der Waals surface area (Å²) < 4.78 is 5.16. The summed E-state index contributed by atoms with van der Waals surface area (Å²) in [6.07, 6.45) is 4.19. The van der Waals surface area contributed by atoms with Gasteiger partial charge in [0.25, 0.3) is 5.91 Å². The number of hydrogen-bond donors (Lipinski definition) is 2. The van der Waals surface area contributed by atoms with Crippen LogP contribution < -0.4 is 5.32 Å². The molecular weight excluding hydrogens is 268 g/mol. The van der Waals surface area contributed by atoms with Crippen LogP contribution in [0.15, 0.2) is 0 Å². The van der Waals surface area contributed by atoms with Gasteiger partial charge < -0.3 is 19.9 Å². The summed E-state index contributed by atoms with van der Waals surface area (Å²) in [5, 5.41) is 2.91. The number of hydrogen-bond acceptors (Lipinski definition) is 4. The lowest BCUT2D eigenvalue weighted by molar-refractivity contribution is 0.0951. The molecule has 0 radical (unpaired) electrons. The highest BCUT2D eigenvalue weighted by Gasteiger charge is 2.27. The molecular formula is C15H24N4O2. The summed E-state index contributed by atoms with van der Waals surface area (Å²) in [7, 11) is 1.74. The van der Waals surface area contributed by atoms with Gasteiger partial charge in [-0.15, -0.1) is 0 Å². The first-order chi connectivity index (χ1) is 10.3. The number of ether oxygens (including phenoxy) is 1. The molecule has 116 valence electrons.